The molecule has 0 saturated carbocycles. The Hall–Kier alpha value is -3.35. The molecule has 4 rings (SSSR count). The van der Waals surface area contributed by atoms with E-state index in [4.69, 9.17) is 9.26 Å². The Morgan fingerprint density at radius 2 is 1.86 bits per heavy atom. The van der Waals surface area contributed by atoms with E-state index in [1.54, 1.807) is 31.1 Å². The van der Waals surface area contributed by atoms with Gasteiger partial charge in [-0.2, -0.15) is 0 Å². The Kier molecular flexibility index (Phi) is 5.20. The van der Waals surface area contributed by atoms with E-state index in [-0.39, 0.29) is 11.7 Å². The first kappa shape index (κ1) is 19.0. The topological polar surface area (TPSA) is 58.8 Å². The number of anilines is 1. The van der Waals surface area contributed by atoms with Crippen LogP contribution < -0.4 is 9.64 Å². The van der Waals surface area contributed by atoms with E-state index in [0.717, 1.165) is 11.4 Å². The average Bonchev–Trinajstić information content (AvgIpc) is 3.15. The zero-order valence-electron chi connectivity index (χ0n) is 16.4. The predicted octanol–water partition coefficient (Wildman–Crippen LogP) is 3.76. The molecule has 1 aliphatic heterocycles. The van der Waals surface area contributed by atoms with Gasteiger partial charge in [0.05, 0.1) is 7.11 Å². The number of aromatic nitrogens is 1. The van der Waals surface area contributed by atoms with Crippen molar-refractivity contribution in [1.29, 1.82) is 0 Å². The van der Waals surface area contributed by atoms with Crippen molar-refractivity contribution in [2.45, 2.75) is 6.92 Å². The number of hydrogen-bond acceptors (Lipinski definition) is 5. The Morgan fingerprint density at radius 1 is 1.10 bits per heavy atom. The molecule has 2 heterocycles. The highest BCUT2D eigenvalue weighted by atomic mass is 19.1. The lowest BCUT2D eigenvalue weighted by Gasteiger charge is -2.36. The van der Waals surface area contributed by atoms with Crippen LogP contribution in [0, 0.1) is 12.7 Å². The first-order valence-electron chi connectivity index (χ1n) is 9.47. The van der Waals surface area contributed by atoms with Gasteiger partial charge in [0.25, 0.3) is 5.91 Å². The van der Waals surface area contributed by atoms with E-state index in [2.05, 4.69) is 10.1 Å². The monoisotopic (exact) mass is 395 g/mol. The van der Waals surface area contributed by atoms with Crippen molar-refractivity contribution in [2.75, 3.05) is 38.2 Å². The van der Waals surface area contributed by atoms with Crippen molar-refractivity contribution in [2.24, 2.45) is 0 Å². The summed E-state index contributed by atoms with van der Waals surface area (Å²) in [5, 5.41) is 4.01. The lowest BCUT2D eigenvalue weighted by atomic mass is 10.0. The van der Waals surface area contributed by atoms with Crippen LogP contribution in [0.1, 0.15) is 16.1 Å². The predicted molar refractivity (Wildman–Crippen MR) is 108 cm³/mol. The number of amides is 1. The van der Waals surface area contributed by atoms with Crippen LogP contribution >= 0.6 is 0 Å². The number of rotatable bonds is 4. The first-order chi connectivity index (χ1) is 14.1. The van der Waals surface area contributed by atoms with Gasteiger partial charge in [-0.25, -0.2) is 4.39 Å². The third-order valence-corrected chi connectivity index (χ3v) is 5.16. The summed E-state index contributed by atoms with van der Waals surface area (Å²) < 4.78 is 24.2. The molecule has 7 heteroatoms. The van der Waals surface area contributed by atoms with Gasteiger partial charge >= 0.3 is 0 Å². The largest absolute Gasteiger partial charge is 0.497 e. The fraction of sp³-hybridized carbons (Fsp3) is 0.273. The van der Waals surface area contributed by atoms with Crippen LogP contribution in [0.5, 0.6) is 5.75 Å². The molecule has 0 spiro atoms. The number of nitrogens with zero attached hydrogens (tertiary/aromatic N) is 3. The number of hydrogen-bond donors (Lipinski definition) is 0. The molecule has 1 saturated heterocycles. The molecule has 29 heavy (non-hydrogen) atoms. The maximum absolute atomic E-state index is 13.6. The van der Waals surface area contributed by atoms with Gasteiger partial charge in [-0.1, -0.05) is 23.4 Å². The summed E-state index contributed by atoms with van der Waals surface area (Å²) in [6, 6.07) is 13.9. The van der Waals surface area contributed by atoms with E-state index in [0.29, 0.717) is 48.8 Å². The lowest BCUT2D eigenvalue weighted by molar-refractivity contribution is 0.0745. The number of carbonyl (C=O) groups is 1. The van der Waals surface area contributed by atoms with Crippen molar-refractivity contribution >= 4 is 11.6 Å². The van der Waals surface area contributed by atoms with Crippen LogP contribution in [-0.2, 0) is 0 Å². The Bertz CT molecular complexity index is 1030. The van der Waals surface area contributed by atoms with Gasteiger partial charge in [-0.15, -0.1) is 0 Å². The fourth-order valence-corrected chi connectivity index (χ4v) is 3.59. The van der Waals surface area contributed by atoms with Gasteiger partial charge in [0.1, 0.15) is 28.6 Å². The smallest absolute Gasteiger partial charge is 0.259 e. The second-order valence-corrected chi connectivity index (χ2v) is 6.95. The van der Waals surface area contributed by atoms with Crippen LogP contribution in [0.2, 0.25) is 0 Å². The molecule has 2 aromatic carbocycles. The highest BCUT2D eigenvalue weighted by Gasteiger charge is 2.29. The number of halogens is 1. The molecule has 1 aromatic heterocycles. The minimum absolute atomic E-state index is 0.145. The van der Waals surface area contributed by atoms with E-state index < -0.39 is 0 Å². The van der Waals surface area contributed by atoms with Gasteiger partial charge in [0, 0.05) is 43.5 Å². The molecule has 0 N–H and O–H groups in total. The Morgan fingerprint density at radius 3 is 2.59 bits per heavy atom. The molecule has 0 radical (unpaired) electrons. The van der Waals surface area contributed by atoms with Crippen molar-refractivity contribution in [3.8, 4) is 17.0 Å². The van der Waals surface area contributed by atoms with Crippen molar-refractivity contribution < 1.29 is 18.4 Å². The molecule has 150 valence electrons. The quantitative estimate of drug-likeness (QED) is 0.673. The molecule has 1 fully saturated rings. The molecule has 0 bridgehead atoms. The van der Waals surface area contributed by atoms with Crippen LogP contribution in [0.3, 0.4) is 0 Å². The minimum atomic E-state index is -0.381. The van der Waals surface area contributed by atoms with Gasteiger partial charge in [0.15, 0.2) is 0 Å². The van der Waals surface area contributed by atoms with Gasteiger partial charge in [0.2, 0.25) is 0 Å². The number of methoxy groups -OCH3 is 1. The Balaban J connectivity index is 1.51. The molecule has 1 aliphatic rings. The summed E-state index contributed by atoms with van der Waals surface area (Å²) in [5.41, 5.74) is 2.37. The van der Waals surface area contributed by atoms with Gasteiger partial charge in [-0.3, -0.25) is 4.79 Å². The molecular formula is C22H22FN3O3. The van der Waals surface area contributed by atoms with E-state index >= 15 is 0 Å². The number of carbonyl (C=O) groups excluding carboxylic acids is 1. The molecule has 0 atom stereocenters. The highest BCUT2D eigenvalue weighted by Crippen LogP contribution is 2.28. The average molecular weight is 395 g/mol. The zero-order chi connectivity index (χ0) is 20.4. The summed E-state index contributed by atoms with van der Waals surface area (Å²) in [6.07, 6.45) is 0. The van der Waals surface area contributed by atoms with Crippen LogP contribution in [0.4, 0.5) is 10.1 Å². The van der Waals surface area contributed by atoms with Crippen molar-refractivity contribution in [3.05, 3.63) is 65.7 Å². The lowest BCUT2D eigenvalue weighted by Crippen LogP contribution is -2.49. The number of aryl methyl sites for hydroxylation is 1. The minimum Gasteiger partial charge on any atom is -0.497 e. The maximum atomic E-state index is 13.6. The summed E-state index contributed by atoms with van der Waals surface area (Å²) in [7, 11) is 1.65. The molecule has 0 unspecified atom stereocenters. The summed E-state index contributed by atoms with van der Waals surface area (Å²) in [4.78, 5) is 17.2. The zero-order valence-corrected chi connectivity index (χ0v) is 16.4. The van der Waals surface area contributed by atoms with E-state index in [1.165, 1.54) is 12.1 Å². The highest BCUT2D eigenvalue weighted by molar-refractivity contribution is 6.00. The summed E-state index contributed by atoms with van der Waals surface area (Å²) in [6.45, 7) is 4.26. The third-order valence-electron chi connectivity index (χ3n) is 5.16. The molecule has 0 aliphatic carbocycles. The molecule has 3 aromatic rings. The standard InChI is InChI=1S/C22H22FN3O3/c1-15-20(21(24-29-15)16-5-3-6-17(23)13-16)22(27)26-11-9-25(10-12-26)18-7-4-8-19(14-18)28-2/h3-8,13-14H,9-12H2,1-2H3. The number of ether oxygens (including phenoxy) is 1. The SMILES string of the molecule is COc1cccc(N2CCN(C(=O)c3c(-c4cccc(F)c4)noc3C)CC2)c1. The van der Waals surface area contributed by atoms with Crippen molar-refractivity contribution in [1.82, 2.24) is 10.1 Å². The van der Waals surface area contributed by atoms with Crippen LogP contribution in [0.15, 0.2) is 53.1 Å². The second kappa shape index (κ2) is 7.95. The van der Waals surface area contributed by atoms with E-state index in [1.807, 2.05) is 24.3 Å². The van der Waals surface area contributed by atoms with Gasteiger partial charge < -0.3 is 19.1 Å². The normalized spacial score (nSPS) is 14.2. The van der Waals surface area contributed by atoms with Gasteiger partial charge in [-0.05, 0) is 31.2 Å². The number of piperazine rings is 1. The summed E-state index contributed by atoms with van der Waals surface area (Å²) in [5.74, 6) is 0.715. The first-order valence-corrected chi connectivity index (χ1v) is 9.47. The van der Waals surface area contributed by atoms with E-state index in [9.17, 15) is 9.18 Å². The molecular weight excluding hydrogens is 373 g/mol. The van der Waals surface area contributed by atoms with Crippen LogP contribution in [-0.4, -0.2) is 49.3 Å². The number of benzene rings is 2. The fourth-order valence-electron chi connectivity index (χ4n) is 3.59. The maximum Gasteiger partial charge on any atom is 0.259 e. The molecule has 6 nitrogen and oxygen atoms in total. The van der Waals surface area contributed by atoms with Crippen molar-refractivity contribution in [3.63, 3.8) is 0 Å². The summed E-state index contributed by atoms with van der Waals surface area (Å²) >= 11 is 0. The van der Waals surface area contributed by atoms with Crippen LogP contribution in [0.25, 0.3) is 11.3 Å². The molecule has 1 amide bonds. The third kappa shape index (κ3) is 3.81. The Labute approximate surface area is 168 Å². The second-order valence-electron chi connectivity index (χ2n) is 6.95.